The topological polar surface area (TPSA) is 109 Å². The zero-order valence-electron chi connectivity index (χ0n) is 12.8. The number of carbonyl (C=O) groups is 1. The summed E-state index contributed by atoms with van der Waals surface area (Å²) in [6, 6.07) is 0. The van der Waals surface area contributed by atoms with E-state index >= 15 is 0 Å². The molecule has 0 bridgehead atoms. The molecule has 0 aliphatic carbocycles. The first kappa shape index (κ1) is 23.9. The second kappa shape index (κ2) is 26.4. The number of ether oxygens (including phenoxy) is 3. The molecule has 120 valence electrons. The smallest absolute Gasteiger partial charge is 0.222 e. The Balaban J connectivity index is -0.000000656. The highest BCUT2D eigenvalue weighted by Gasteiger charge is 1.96. The van der Waals surface area contributed by atoms with E-state index in [0.717, 1.165) is 0 Å². The molecule has 0 fully saturated rings. The molecule has 0 aliphatic heterocycles. The van der Waals surface area contributed by atoms with Gasteiger partial charge in [0.1, 0.15) is 6.61 Å². The van der Waals surface area contributed by atoms with Gasteiger partial charge in [0.15, 0.2) is 0 Å². The lowest BCUT2D eigenvalue weighted by molar-refractivity contribution is -0.121. The maximum absolute atomic E-state index is 10.8. The van der Waals surface area contributed by atoms with Crippen LogP contribution in [-0.2, 0) is 19.0 Å². The monoisotopic (exact) mass is 291 g/mol. The summed E-state index contributed by atoms with van der Waals surface area (Å²) < 4.78 is 15.4. The summed E-state index contributed by atoms with van der Waals surface area (Å²) in [6.07, 6.45) is 5.37. The Morgan fingerprint density at radius 1 is 1.00 bits per heavy atom. The van der Waals surface area contributed by atoms with Gasteiger partial charge in [-0.05, 0) is 14.1 Å². The van der Waals surface area contributed by atoms with E-state index in [-0.39, 0.29) is 5.91 Å². The number of hydrogen-bond donors (Lipinski definition) is 3. The van der Waals surface area contributed by atoms with Crippen LogP contribution in [0, 0.1) is 12.3 Å². The standard InChI is InChI=1S/C11H19NO4.2CH5N/c1-3-5-14-7-9-16-10-8-15-6-4-11(13)12-2;2*1-2/h1H,4-10H2,2H3,(H,12,13);2*2H2,1H3. The lowest BCUT2D eigenvalue weighted by Crippen LogP contribution is -2.20. The van der Waals surface area contributed by atoms with Gasteiger partial charge in [0.25, 0.3) is 0 Å². The molecule has 0 aromatic carbocycles. The van der Waals surface area contributed by atoms with Crippen LogP contribution < -0.4 is 16.8 Å². The van der Waals surface area contributed by atoms with Gasteiger partial charge in [-0.2, -0.15) is 0 Å². The van der Waals surface area contributed by atoms with Crippen LogP contribution in [0.1, 0.15) is 6.42 Å². The molecule has 0 saturated carbocycles. The maximum Gasteiger partial charge on any atom is 0.222 e. The third-order valence-corrected chi connectivity index (χ3v) is 1.68. The normalized spacial score (nSPS) is 8.40. The van der Waals surface area contributed by atoms with Crippen molar-refractivity contribution in [2.45, 2.75) is 6.42 Å². The van der Waals surface area contributed by atoms with Crippen LogP contribution in [-0.4, -0.2) is 66.7 Å². The van der Waals surface area contributed by atoms with Gasteiger partial charge < -0.3 is 31.0 Å². The van der Waals surface area contributed by atoms with E-state index in [9.17, 15) is 4.79 Å². The molecule has 0 heterocycles. The van der Waals surface area contributed by atoms with E-state index in [1.807, 2.05) is 0 Å². The first-order valence-electron chi connectivity index (χ1n) is 6.34. The van der Waals surface area contributed by atoms with E-state index in [4.69, 9.17) is 20.6 Å². The van der Waals surface area contributed by atoms with Gasteiger partial charge in [-0.3, -0.25) is 4.79 Å². The number of amides is 1. The largest absolute Gasteiger partial charge is 0.379 e. The van der Waals surface area contributed by atoms with Crippen molar-refractivity contribution in [3.63, 3.8) is 0 Å². The van der Waals surface area contributed by atoms with Crippen LogP contribution in [0.2, 0.25) is 0 Å². The minimum absolute atomic E-state index is 0.0244. The Kier molecular flexibility index (Phi) is 31.5. The quantitative estimate of drug-likeness (QED) is 0.350. The minimum atomic E-state index is -0.0244. The fourth-order valence-electron chi connectivity index (χ4n) is 0.861. The van der Waals surface area contributed by atoms with Crippen LogP contribution in [0.15, 0.2) is 0 Å². The lowest BCUT2D eigenvalue weighted by Gasteiger charge is -2.05. The third kappa shape index (κ3) is 25.6. The Morgan fingerprint density at radius 3 is 1.90 bits per heavy atom. The van der Waals surface area contributed by atoms with Crippen molar-refractivity contribution < 1.29 is 19.0 Å². The third-order valence-electron chi connectivity index (χ3n) is 1.68. The van der Waals surface area contributed by atoms with Gasteiger partial charge in [-0.25, -0.2) is 0 Å². The van der Waals surface area contributed by atoms with Gasteiger partial charge in [-0.1, -0.05) is 5.92 Å². The Labute approximate surface area is 122 Å². The average molecular weight is 291 g/mol. The van der Waals surface area contributed by atoms with E-state index in [0.29, 0.717) is 46.1 Å². The second-order valence-electron chi connectivity index (χ2n) is 2.90. The molecule has 20 heavy (non-hydrogen) atoms. The van der Waals surface area contributed by atoms with E-state index in [1.165, 1.54) is 14.1 Å². The number of hydrogen-bond acceptors (Lipinski definition) is 6. The van der Waals surface area contributed by atoms with Crippen molar-refractivity contribution in [1.29, 1.82) is 0 Å². The van der Waals surface area contributed by atoms with Crippen LogP contribution in [0.3, 0.4) is 0 Å². The first-order valence-corrected chi connectivity index (χ1v) is 6.34. The van der Waals surface area contributed by atoms with Crippen LogP contribution in [0.4, 0.5) is 0 Å². The molecule has 5 N–H and O–H groups in total. The van der Waals surface area contributed by atoms with Crippen LogP contribution >= 0.6 is 0 Å². The van der Waals surface area contributed by atoms with Crippen LogP contribution in [0.5, 0.6) is 0 Å². The predicted octanol–water partition coefficient (Wildman–Crippen LogP) is -1.04. The Morgan fingerprint density at radius 2 is 1.45 bits per heavy atom. The number of terminal acetylenes is 1. The van der Waals surface area contributed by atoms with Crippen LogP contribution in [0.25, 0.3) is 0 Å². The highest BCUT2D eigenvalue weighted by atomic mass is 16.5. The van der Waals surface area contributed by atoms with Crippen molar-refractivity contribution in [3.05, 3.63) is 0 Å². The summed E-state index contributed by atoms with van der Waals surface area (Å²) in [5.74, 6) is 2.34. The molecule has 0 saturated heterocycles. The van der Waals surface area contributed by atoms with Gasteiger partial charge in [0, 0.05) is 13.5 Å². The van der Waals surface area contributed by atoms with E-state index in [1.54, 1.807) is 7.05 Å². The summed E-state index contributed by atoms with van der Waals surface area (Å²) in [5.41, 5.74) is 9.00. The zero-order valence-corrected chi connectivity index (χ0v) is 12.8. The molecule has 0 aromatic rings. The summed E-state index contributed by atoms with van der Waals surface area (Å²) in [4.78, 5) is 10.8. The number of nitrogens with two attached hydrogens (primary N) is 2. The van der Waals surface area contributed by atoms with Crippen molar-refractivity contribution in [2.75, 3.05) is 60.8 Å². The maximum atomic E-state index is 10.8. The predicted molar refractivity (Wildman–Crippen MR) is 80.2 cm³/mol. The molecular formula is C13H29N3O4. The van der Waals surface area contributed by atoms with Crippen molar-refractivity contribution in [2.24, 2.45) is 11.5 Å². The number of rotatable bonds is 10. The molecule has 0 radical (unpaired) electrons. The average Bonchev–Trinajstić information content (AvgIpc) is 2.52. The van der Waals surface area contributed by atoms with Gasteiger partial charge in [0.05, 0.1) is 33.0 Å². The summed E-state index contributed by atoms with van der Waals surface area (Å²) >= 11 is 0. The molecule has 0 atom stereocenters. The van der Waals surface area contributed by atoms with Crippen molar-refractivity contribution in [3.8, 4) is 12.3 Å². The second-order valence-corrected chi connectivity index (χ2v) is 2.90. The fourth-order valence-corrected chi connectivity index (χ4v) is 0.861. The molecular weight excluding hydrogens is 262 g/mol. The van der Waals surface area contributed by atoms with E-state index in [2.05, 4.69) is 22.7 Å². The summed E-state index contributed by atoms with van der Waals surface area (Å²) in [5, 5.41) is 2.51. The number of nitrogens with one attached hydrogen (secondary N) is 1. The molecule has 0 aliphatic rings. The molecule has 1 amide bonds. The molecule has 7 nitrogen and oxygen atoms in total. The first-order chi connectivity index (χ1) is 9.81. The lowest BCUT2D eigenvalue weighted by atomic mass is 10.4. The Hall–Kier alpha value is -1.17. The molecule has 7 heteroatoms. The SMILES string of the molecule is C#CCOCCOCCOCCC(=O)NC.CN.CN. The highest BCUT2D eigenvalue weighted by molar-refractivity contribution is 5.75. The molecule has 0 rings (SSSR count). The fraction of sp³-hybridized carbons (Fsp3) is 0.769. The molecule has 0 unspecified atom stereocenters. The van der Waals surface area contributed by atoms with Crippen molar-refractivity contribution in [1.82, 2.24) is 5.32 Å². The summed E-state index contributed by atoms with van der Waals surface area (Å²) in [7, 11) is 4.60. The van der Waals surface area contributed by atoms with Gasteiger partial charge in [-0.15, -0.1) is 6.42 Å². The van der Waals surface area contributed by atoms with Gasteiger partial charge >= 0.3 is 0 Å². The molecule has 0 aromatic heterocycles. The van der Waals surface area contributed by atoms with Gasteiger partial charge in [0.2, 0.25) is 5.91 Å². The van der Waals surface area contributed by atoms with Crippen molar-refractivity contribution >= 4 is 5.91 Å². The Bertz CT molecular complexity index is 220. The van der Waals surface area contributed by atoms with E-state index < -0.39 is 0 Å². The zero-order chi connectivity index (χ0) is 16.1. The molecule has 0 spiro atoms. The minimum Gasteiger partial charge on any atom is -0.379 e. The summed E-state index contributed by atoms with van der Waals surface area (Å²) in [6.45, 7) is 2.69. The number of carbonyl (C=O) groups excluding carboxylic acids is 1. The highest BCUT2D eigenvalue weighted by Crippen LogP contribution is 1.84.